The third kappa shape index (κ3) is 2.35. The number of anilines is 1. The number of nitrogens with one attached hydrogen (secondary N) is 1. The van der Waals surface area contributed by atoms with Gasteiger partial charge in [-0.05, 0) is 0 Å². The Bertz CT molecular complexity index is 908. The predicted molar refractivity (Wildman–Crippen MR) is 80.4 cm³/mol. The Kier molecular flexibility index (Phi) is 3.61. The van der Waals surface area contributed by atoms with Crippen molar-refractivity contribution in [1.29, 1.82) is 0 Å². The number of fused-ring (bicyclic) bond motifs is 1. The highest BCUT2D eigenvalue weighted by atomic mass is 19.1. The number of pyridine rings is 1. The van der Waals surface area contributed by atoms with Crippen LogP contribution in [0.1, 0.15) is 10.5 Å². The van der Waals surface area contributed by atoms with E-state index in [4.69, 9.17) is 0 Å². The highest BCUT2D eigenvalue weighted by molar-refractivity contribution is 5.94. The smallest absolute Gasteiger partial charge is 0.361 e. The first-order valence-corrected chi connectivity index (χ1v) is 6.65. The van der Waals surface area contributed by atoms with Gasteiger partial charge in [0.25, 0.3) is 0 Å². The van der Waals surface area contributed by atoms with Gasteiger partial charge in [-0.25, -0.2) is 14.8 Å². The Morgan fingerprint density at radius 1 is 1.35 bits per heavy atom. The molecule has 0 amide bonds. The maximum absolute atomic E-state index is 13.9. The zero-order chi connectivity index (χ0) is 16.6. The van der Waals surface area contributed by atoms with E-state index in [1.54, 1.807) is 30.3 Å². The summed E-state index contributed by atoms with van der Waals surface area (Å²) in [4.78, 5) is 27.9. The zero-order valence-electron chi connectivity index (χ0n) is 12.7. The largest absolute Gasteiger partial charge is 0.464 e. The van der Waals surface area contributed by atoms with Crippen LogP contribution in [0.2, 0.25) is 0 Å². The lowest BCUT2D eigenvalue weighted by molar-refractivity contribution is 0.0587. The molecule has 0 bridgehead atoms. The summed E-state index contributed by atoms with van der Waals surface area (Å²) in [6.07, 6.45) is 4.83. The van der Waals surface area contributed by atoms with Gasteiger partial charge in [-0.15, -0.1) is 0 Å². The molecule has 3 rings (SSSR count). The number of rotatable bonds is 3. The summed E-state index contributed by atoms with van der Waals surface area (Å²) in [5.74, 6) is -1.73. The Labute approximate surface area is 130 Å². The Hall–Kier alpha value is -3.10. The first kappa shape index (κ1) is 14.8. The maximum Gasteiger partial charge on any atom is 0.361 e. The molecular weight excluding hydrogens is 303 g/mol. The van der Waals surface area contributed by atoms with E-state index in [0.29, 0.717) is 11.1 Å². The molecule has 3 aromatic heterocycles. The molecule has 0 aliphatic heterocycles. The van der Waals surface area contributed by atoms with Crippen LogP contribution in [0.5, 0.6) is 0 Å². The van der Waals surface area contributed by atoms with Gasteiger partial charge in [-0.3, -0.25) is 4.98 Å². The second-order valence-electron chi connectivity index (χ2n) is 4.71. The van der Waals surface area contributed by atoms with Crippen LogP contribution in [0, 0.1) is 5.95 Å². The average molecular weight is 316 g/mol. The van der Waals surface area contributed by atoms with Gasteiger partial charge in [0.1, 0.15) is 11.2 Å². The van der Waals surface area contributed by atoms with Crippen molar-refractivity contribution in [2.24, 2.45) is 7.05 Å². The molecule has 23 heavy (non-hydrogen) atoms. The standard InChI is InChI=1S/C14H13FN6O2/c1-16-13-10(19-11(12(15)20-13)14(22)23-3)7-4-17-5-8-9(7)18-6-21(8)2/h4-6H,1-3H3,(H,16,20). The van der Waals surface area contributed by atoms with Gasteiger partial charge >= 0.3 is 5.97 Å². The maximum atomic E-state index is 13.9. The Balaban J connectivity index is 2.31. The Morgan fingerprint density at radius 3 is 2.83 bits per heavy atom. The van der Waals surface area contributed by atoms with Gasteiger partial charge in [0.05, 0.1) is 30.7 Å². The molecule has 0 atom stereocenters. The average Bonchev–Trinajstić information content (AvgIpc) is 2.95. The molecule has 0 spiro atoms. The van der Waals surface area contributed by atoms with Gasteiger partial charge in [0.15, 0.2) is 5.82 Å². The third-order valence-corrected chi connectivity index (χ3v) is 3.36. The number of carbonyl (C=O) groups excluding carboxylic acids is 1. The SMILES string of the molecule is CNc1nc(F)c(C(=O)OC)nc1-c1cncc2c1ncn2C. The summed E-state index contributed by atoms with van der Waals surface area (Å²) in [5, 5.41) is 2.76. The number of hydrogen-bond acceptors (Lipinski definition) is 7. The molecule has 3 aromatic rings. The fourth-order valence-corrected chi connectivity index (χ4v) is 2.22. The van der Waals surface area contributed by atoms with Crippen molar-refractivity contribution >= 4 is 22.8 Å². The minimum atomic E-state index is -1.01. The second-order valence-corrected chi connectivity index (χ2v) is 4.71. The molecule has 0 fully saturated rings. The monoisotopic (exact) mass is 316 g/mol. The molecule has 0 aliphatic carbocycles. The zero-order valence-corrected chi connectivity index (χ0v) is 12.7. The molecule has 8 nitrogen and oxygen atoms in total. The number of carbonyl (C=O) groups is 1. The number of ether oxygens (including phenoxy) is 1. The molecule has 3 heterocycles. The highest BCUT2D eigenvalue weighted by Gasteiger charge is 2.22. The minimum absolute atomic E-state index is 0.176. The van der Waals surface area contributed by atoms with Crippen LogP contribution < -0.4 is 5.32 Å². The lowest BCUT2D eigenvalue weighted by Crippen LogP contribution is -2.12. The number of nitrogens with zero attached hydrogens (tertiary/aromatic N) is 5. The van der Waals surface area contributed by atoms with Crippen molar-refractivity contribution in [3.05, 3.63) is 30.4 Å². The lowest BCUT2D eigenvalue weighted by Gasteiger charge is -2.10. The van der Waals surface area contributed by atoms with Gasteiger partial charge in [-0.2, -0.15) is 9.37 Å². The van der Waals surface area contributed by atoms with Gasteiger partial charge < -0.3 is 14.6 Å². The van der Waals surface area contributed by atoms with E-state index in [1.807, 2.05) is 7.05 Å². The summed E-state index contributed by atoms with van der Waals surface area (Å²) in [7, 11) is 4.56. The van der Waals surface area contributed by atoms with Crippen molar-refractivity contribution < 1.29 is 13.9 Å². The number of imidazole rings is 1. The normalized spacial score (nSPS) is 10.8. The number of esters is 1. The number of halogens is 1. The van der Waals surface area contributed by atoms with Crippen molar-refractivity contribution in [2.75, 3.05) is 19.5 Å². The first-order chi connectivity index (χ1) is 11.1. The van der Waals surface area contributed by atoms with Crippen LogP contribution in [-0.2, 0) is 11.8 Å². The number of aryl methyl sites for hydroxylation is 1. The summed E-state index contributed by atoms with van der Waals surface area (Å²) in [6.45, 7) is 0. The van der Waals surface area contributed by atoms with E-state index >= 15 is 0 Å². The summed E-state index contributed by atoms with van der Waals surface area (Å²) >= 11 is 0. The quantitative estimate of drug-likeness (QED) is 0.730. The fraction of sp³-hybridized carbons (Fsp3) is 0.214. The lowest BCUT2D eigenvalue weighted by atomic mass is 10.1. The molecule has 118 valence electrons. The molecule has 0 aliphatic rings. The van der Waals surface area contributed by atoms with E-state index in [0.717, 1.165) is 12.6 Å². The van der Waals surface area contributed by atoms with Gasteiger partial charge in [-0.1, -0.05) is 0 Å². The Morgan fingerprint density at radius 2 is 2.13 bits per heavy atom. The highest BCUT2D eigenvalue weighted by Crippen LogP contribution is 2.30. The summed E-state index contributed by atoms with van der Waals surface area (Å²) in [6, 6.07) is 0. The summed E-state index contributed by atoms with van der Waals surface area (Å²) in [5.41, 5.74) is 1.71. The third-order valence-electron chi connectivity index (χ3n) is 3.36. The van der Waals surface area contributed by atoms with Crippen LogP contribution in [0.15, 0.2) is 18.7 Å². The van der Waals surface area contributed by atoms with Crippen molar-refractivity contribution in [3.63, 3.8) is 0 Å². The van der Waals surface area contributed by atoms with E-state index < -0.39 is 17.6 Å². The van der Waals surface area contributed by atoms with Crippen LogP contribution in [0.25, 0.3) is 22.3 Å². The van der Waals surface area contributed by atoms with Crippen LogP contribution >= 0.6 is 0 Å². The molecule has 1 N–H and O–H groups in total. The van der Waals surface area contributed by atoms with Crippen molar-refractivity contribution in [3.8, 4) is 11.3 Å². The molecule has 0 unspecified atom stereocenters. The van der Waals surface area contributed by atoms with E-state index in [9.17, 15) is 9.18 Å². The fourth-order valence-electron chi connectivity index (χ4n) is 2.22. The number of hydrogen-bond donors (Lipinski definition) is 1. The van der Waals surface area contributed by atoms with E-state index in [-0.39, 0.29) is 11.5 Å². The van der Waals surface area contributed by atoms with E-state index in [1.165, 1.54) is 0 Å². The van der Waals surface area contributed by atoms with Crippen molar-refractivity contribution in [2.45, 2.75) is 0 Å². The van der Waals surface area contributed by atoms with Crippen LogP contribution in [0.4, 0.5) is 10.2 Å². The molecule has 0 saturated carbocycles. The van der Waals surface area contributed by atoms with Crippen molar-refractivity contribution in [1.82, 2.24) is 24.5 Å². The molecule has 0 saturated heterocycles. The van der Waals surface area contributed by atoms with Crippen LogP contribution in [0.3, 0.4) is 0 Å². The van der Waals surface area contributed by atoms with E-state index in [2.05, 4.69) is 30.0 Å². The van der Waals surface area contributed by atoms with Crippen LogP contribution in [-0.4, -0.2) is 44.6 Å². The molecule has 0 aromatic carbocycles. The summed E-state index contributed by atoms with van der Waals surface area (Å²) < 4.78 is 20.3. The minimum Gasteiger partial charge on any atom is -0.464 e. The second kappa shape index (κ2) is 5.59. The predicted octanol–water partition coefficient (Wildman–Crippen LogP) is 1.39. The topological polar surface area (TPSA) is 94.8 Å². The number of aromatic nitrogens is 5. The first-order valence-electron chi connectivity index (χ1n) is 6.65. The molecule has 0 radical (unpaired) electrons. The van der Waals surface area contributed by atoms with Gasteiger partial charge in [0.2, 0.25) is 11.6 Å². The molecule has 9 heteroatoms. The molecular formula is C14H13FN6O2. The van der Waals surface area contributed by atoms with Gasteiger partial charge in [0, 0.05) is 20.3 Å². The number of methoxy groups -OCH3 is 1.